The summed E-state index contributed by atoms with van der Waals surface area (Å²) in [6.45, 7) is 5.59. The van der Waals surface area contributed by atoms with Crippen molar-refractivity contribution in [2.45, 2.75) is 69.9 Å². The van der Waals surface area contributed by atoms with E-state index in [4.69, 9.17) is 4.74 Å². The first-order valence-corrected chi connectivity index (χ1v) is 13.6. The molecule has 0 aromatic rings. The number of carbonyl (C=O) groups is 4. The van der Waals surface area contributed by atoms with Crippen LogP contribution in [0.4, 0.5) is 13.2 Å². The lowest BCUT2D eigenvalue weighted by Gasteiger charge is -2.37. The second kappa shape index (κ2) is 9.75. The molecule has 2 bridgehead atoms. The molecule has 4 fully saturated rings. The van der Waals surface area contributed by atoms with Crippen LogP contribution in [0.2, 0.25) is 0 Å². The van der Waals surface area contributed by atoms with E-state index in [1.807, 2.05) is 11.4 Å². The van der Waals surface area contributed by atoms with Crippen LogP contribution in [-0.4, -0.2) is 78.1 Å². The molecule has 1 unspecified atom stereocenters. The molecular weight excluding hydrogens is 531 g/mol. The Morgan fingerprint density at radius 3 is 2.42 bits per heavy atom. The molecule has 3 saturated heterocycles. The molecule has 8 atom stereocenters. The minimum atomic E-state index is -5.18. The summed E-state index contributed by atoms with van der Waals surface area (Å²) in [5.41, 5.74) is -1.51. The van der Waals surface area contributed by atoms with Gasteiger partial charge in [0.05, 0.1) is 24.8 Å². The molecule has 4 amide bonds. The standard InChI is InChI=1S/C27H34F3N5O5/c1-25(2,3)20(33-24(39)27(28,29)30)23(38)35-10-17-13-4-5-14(6-13)18(17)19(35)22(37)32-16(9-31)7-15-8-26(11-40-12-26)34-21(15)36/h4-5,13-20H,6-8,10-12H2,1-3H3,(H,32,37)(H,33,39)(H,34,36)/t13-,14+,15?,16+,17-,18+,19+,20-/m1/s1. The zero-order valence-electron chi connectivity index (χ0n) is 22.6. The van der Waals surface area contributed by atoms with E-state index in [1.54, 1.807) is 20.8 Å². The second-order valence-corrected chi connectivity index (χ2v) is 13.0. The lowest BCUT2D eigenvalue weighted by atomic mass is 9.81. The summed E-state index contributed by atoms with van der Waals surface area (Å²) >= 11 is 0. The zero-order chi connectivity index (χ0) is 29.2. The highest BCUT2D eigenvalue weighted by Gasteiger charge is 2.59. The predicted octanol–water partition coefficient (Wildman–Crippen LogP) is 1.03. The van der Waals surface area contributed by atoms with Gasteiger partial charge < -0.3 is 25.6 Å². The van der Waals surface area contributed by atoms with Gasteiger partial charge in [-0.05, 0) is 48.3 Å². The van der Waals surface area contributed by atoms with Crippen molar-refractivity contribution in [3.63, 3.8) is 0 Å². The topological polar surface area (TPSA) is 141 Å². The molecule has 2 aliphatic carbocycles. The molecule has 13 heteroatoms. The molecule has 0 aromatic carbocycles. The van der Waals surface area contributed by atoms with Crippen LogP contribution in [0.1, 0.15) is 40.0 Å². The van der Waals surface area contributed by atoms with Crippen LogP contribution in [0.3, 0.4) is 0 Å². The first-order valence-electron chi connectivity index (χ1n) is 13.6. The largest absolute Gasteiger partial charge is 0.471 e. The van der Waals surface area contributed by atoms with Crippen LogP contribution in [-0.2, 0) is 23.9 Å². The van der Waals surface area contributed by atoms with Gasteiger partial charge in [0.25, 0.3) is 0 Å². The molecule has 10 nitrogen and oxygen atoms in total. The number of rotatable bonds is 6. The van der Waals surface area contributed by atoms with Gasteiger partial charge in [-0.3, -0.25) is 19.2 Å². The second-order valence-electron chi connectivity index (χ2n) is 13.0. The Balaban J connectivity index is 1.36. The van der Waals surface area contributed by atoms with Crippen molar-refractivity contribution >= 4 is 23.6 Å². The highest BCUT2D eigenvalue weighted by molar-refractivity contribution is 5.94. The fourth-order valence-corrected chi connectivity index (χ4v) is 7.20. The molecule has 3 aliphatic heterocycles. The van der Waals surface area contributed by atoms with E-state index in [-0.39, 0.29) is 42.5 Å². The van der Waals surface area contributed by atoms with Crippen LogP contribution in [0.15, 0.2) is 12.2 Å². The van der Waals surface area contributed by atoms with Crippen LogP contribution >= 0.6 is 0 Å². The molecule has 5 rings (SSSR count). The van der Waals surface area contributed by atoms with E-state index < -0.39 is 58.9 Å². The third-order valence-corrected chi connectivity index (χ3v) is 9.14. The molecule has 1 saturated carbocycles. The third-order valence-electron chi connectivity index (χ3n) is 9.14. The number of ether oxygens (including phenoxy) is 1. The quantitative estimate of drug-likeness (QED) is 0.411. The summed E-state index contributed by atoms with van der Waals surface area (Å²) in [4.78, 5) is 53.3. The highest BCUT2D eigenvalue weighted by atomic mass is 19.4. The molecule has 3 heterocycles. The Labute approximate surface area is 230 Å². The predicted molar refractivity (Wildman–Crippen MR) is 133 cm³/mol. The fraction of sp³-hybridized carbons (Fsp3) is 0.741. The van der Waals surface area contributed by atoms with Gasteiger partial charge in [-0.2, -0.15) is 18.4 Å². The minimum Gasteiger partial charge on any atom is -0.376 e. The van der Waals surface area contributed by atoms with Gasteiger partial charge in [0, 0.05) is 12.5 Å². The molecule has 0 radical (unpaired) electrons. The van der Waals surface area contributed by atoms with Gasteiger partial charge >= 0.3 is 12.1 Å². The van der Waals surface area contributed by atoms with Gasteiger partial charge in [0.2, 0.25) is 17.7 Å². The summed E-state index contributed by atoms with van der Waals surface area (Å²) in [6, 6.07) is -1.51. The van der Waals surface area contributed by atoms with Crippen molar-refractivity contribution in [3.05, 3.63) is 12.2 Å². The SMILES string of the molecule is CC(C)(C)[C@H](NC(=O)C(F)(F)F)C(=O)N1C[C@H]2[C@@H]([C@H]1C(=O)N[C@H](C#N)CC1CC3(COC3)NC1=O)[C@H]1C=C[C@@H]2C1. The summed E-state index contributed by atoms with van der Waals surface area (Å²) in [5, 5.41) is 17.3. The number of hydrogen-bond acceptors (Lipinski definition) is 6. The van der Waals surface area contributed by atoms with Crippen LogP contribution in [0.25, 0.3) is 0 Å². The lowest BCUT2D eigenvalue weighted by molar-refractivity contribution is -0.176. The third kappa shape index (κ3) is 4.95. The molecule has 0 aromatic heterocycles. The number of hydrogen-bond donors (Lipinski definition) is 3. The Hall–Kier alpha value is -3.14. The summed E-state index contributed by atoms with van der Waals surface area (Å²) in [5.74, 6) is -4.44. The number of alkyl halides is 3. The minimum absolute atomic E-state index is 0.0148. The molecule has 3 N–H and O–H groups in total. The van der Waals surface area contributed by atoms with Crippen molar-refractivity contribution in [3.8, 4) is 6.07 Å². The number of halogens is 3. The zero-order valence-corrected chi connectivity index (χ0v) is 22.6. The van der Waals surface area contributed by atoms with E-state index in [2.05, 4.69) is 22.8 Å². The Kier molecular flexibility index (Phi) is 6.92. The van der Waals surface area contributed by atoms with E-state index in [0.29, 0.717) is 19.6 Å². The number of carbonyl (C=O) groups excluding carboxylic acids is 4. The van der Waals surface area contributed by atoms with Crippen LogP contribution < -0.4 is 16.0 Å². The average molecular weight is 566 g/mol. The van der Waals surface area contributed by atoms with Crippen molar-refractivity contribution in [1.29, 1.82) is 5.26 Å². The summed E-state index contributed by atoms with van der Waals surface area (Å²) in [6.07, 6.45) is 0.280. The van der Waals surface area contributed by atoms with E-state index >= 15 is 0 Å². The monoisotopic (exact) mass is 565 g/mol. The Morgan fingerprint density at radius 2 is 1.88 bits per heavy atom. The van der Waals surface area contributed by atoms with Crippen LogP contribution in [0, 0.1) is 46.3 Å². The average Bonchev–Trinajstić information content (AvgIpc) is 3.60. The first-order chi connectivity index (χ1) is 18.6. The van der Waals surface area contributed by atoms with Gasteiger partial charge in [0.1, 0.15) is 18.1 Å². The number of nitrogens with zero attached hydrogens (tertiary/aromatic N) is 2. The van der Waals surface area contributed by atoms with Gasteiger partial charge in [0.15, 0.2) is 0 Å². The maximum absolute atomic E-state index is 13.8. The normalized spacial score (nSPS) is 33.1. The molecule has 40 heavy (non-hydrogen) atoms. The van der Waals surface area contributed by atoms with Gasteiger partial charge in [-0.1, -0.05) is 32.9 Å². The number of nitrogens with one attached hydrogen (secondary N) is 3. The van der Waals surface area contributed by atoms with E-state index in [1.165, 1.54) is 4.90 Å². The van der Waals surface area contributed by atoms with Crippen LogP contribution in [0.5, 0.6) is 0 Å². The fourth-order valence-electron chi connectivity index (χ4n) is 7.20. The smallest absolute Gasteiger partial charge is 0.376 e. The number of amides is 4. The van der Waals surface area contributed by atoms with Gasteiger partial charge in [-0.15, -0.1) is 0 Å². The van der Waals surface area contributed by atoms with E-state index in [0.717, 1.165) is 6.42 Å². The summed E-state index contributed by atoms with van der Waals surface area (Å²) in [7, 11) is 0. The van der Waals surface area contributed by atoms with Gasteiger partial charge in [-0.25, -0.2) is 0 Å². The maximum atomic E-state index is 13.8. The van der Waals surface area contributed by atoms with Crippen molar-refractivity contribution in [2.24, 2.45) is 35.0 Å². The lowest BCUT2D eigenvalue weighted by Crippen LogP contribution is -2.60. The maximum Gasteiger partial charge on any atom is 0.471 e. The molecule has 5 aliphatic rings. The molecular formula is C27H34F3N5O5. The summed E-state index contributed by atoms with van der Waals surface area (Å²) < 4.78 is 44.6. The van der Waals surface area contributed by atoms with Crippen molar-refractivity contribution < 1.29 is 37.1 Å². The Bertz CT molecular complexity index is 1170. The number of nitriles is 1. The van der Waals surface area contributed by atoms with E-state index in [9.17, 15) is 37.6 Å². The number of likely N-dealkylation sites (tertiary alicyclic amines) is 1. The number of fused-ring (bicyclic) bond motifs is 5. The first kappa shape index (κ1) is 28.4. The molecule has 1 spiro atoms. The highest BCUT2D eigenvalue weighted by Crippen LogP contribution is 2.54. The van der Waals surface area contributed by atoms with Crippen molar-refractivity contribution in [1.82, 2.24) is 20.9 Å². The molecule has 218 valence electrons. The number of allylic oxidation sites excluding steroid dienone is 2. The Morgan fingerprint density at radius 1 is 1.20 bits per heavy atom. The van der Waals surface area contributed by atoms with Crippen molar-refractivity contribution in [2.75, 3.05) is 19.8 Å².